The Kier molecular flexibility index (Phi) is 65.7. The molecule has 24 N–H and O–H groups in total. The fourth-order valence-corrected chi connectivity index (χ4v) is 6.88. The smallest absolute Gasteiger partial charge is 0.236 e. The van der Waals surface area contributed by atoms with Crippen molar-refractivity contribution in [1.82, 2.24) is 63.8 Å². The van der Waals surface area contributed by atoms with Crippen LogP contribution in [0.15, 0.2) is 0 Å². The van der Waals surface area contributed by atoms with E-state index < -0.39 is 24.2 Å². The molecular formula is C56H120N18O12. The Labute approximate surface area is 513 Å². The van der Waals surface area contributed by atoms with Gasteiger partial charge < -0.3 is 117 Å². The molecule has 0 aromatic carbocycles. The summed E-state index contributed by atoms with van der Waals surface area (Å²) in [6, 6.07) is -2.75. The second-order valence-electron chi connectivity index (χ2n) is 20.0. The van der Waals surface area contributed by atoms with E-state index in [0.29, 0.717) is 170 Å². The van der Waals surface area contributed by atoms with Gasteiger partial charge in [0.1, 0.15) is 0 Å². The Balaban J connectivity index is -0.00000132. The van der Waals surface area contributed by atoms with Crippen LogP contribution >= 0.6 is 0 Å². The first-order valence-electron chi connectivity index (χ1n) is 31.2. The molecule has 0 saturated carbocycles. The number of rotatable bonds is 57. The van der Waals surface area contributed by atoms with Crippen molar-refractivity contribution in [3.63, 3.8) is 0 Å². The topological polar surface area (TPSA) is 474 Å². The van der Waals surface area contributed by atoms with Crippen molar-refractivity contribution in [1.29, 1.82) is 0 Å². The van der Waals surface area contributed by atoms with Gasteiger partial charge in [-0.05, 0) is 77.3 Å². The molecule has 0 fully saturated rings. The van der Waals surface area contributed by atoms with Crippen molar-refractivity contribution in [2.45, 2.75) is 141 Å². The summed E-state index contributed by atoms with van der Waals surface area (Å²) in [5.74, 6) is -1.42. The highest BCUT2D eigenvalue weighted by Crippen LogP contribution is 1.99. The summed E-state index contributed by atoms with van der Waals surface area (Å²) in [5, 5.41) is 34.7. The molecule has 0 aliphatic rings. The molecule has 0 heterocycles. The molecule has 0 aliphatic heterocycles. The van der Waals surface area contributed by atoms with Gasteiger partial charge in [-0.15, -0.1) is 0 Å². The molecule has 0 aromatic rings. The van der Waals surface area contributed by atoms with Crippen LogP contribution in [0.25, 0.3) is 0 Å². The molecule has 4 atom stereocenters. The van der Waals surface area contributed by atoms with E-state index in [1.165, 1.54) is 0 Å². The van der Waals surface area contributed by atoms with Crippen molar-refractivity contribution in [3.05, 3.63) is 0 Å². The minimum absolute atomic E-state index is 0.0555. The standard InChI is InChI=1S/C26H56N10O6.C16H34N4O4.C14H30N4O2/c27-7-11-31-13-15-33-23(37)5-3-21(29)25(39)35-9-1-17-41-19-20-42-18-2-10-36-26(40)22(30)4-6-24(38)34-16-14-32-12-8-28;1-3-7-18-9-10-19-15(21)6-5-14(17)16(22)20-8-4-11-24-13-12-23-2;1-3-5-9-18-14(20)12(15)6-7-13(19)17-11-10-16-8-4-2/h21-22,31-32H,1-20,27-30H2,(H,33,37)(H,34,38)(H,35,39)(H,36,40);14,18H,3-13,17H2,1-2H3,(H,19,21)(H,20,22);12,16H,3-11,15H2,1-2H3,(H,17,19)(H,18,20). The number of amides is 8. The Morgan fingerprint density at radius 3 is 0.837 bits per heavy atom. The zero-order valence-corrected chi connectivity index (χ0v) is 53.0. The second kappa shape index (κ2) is 66.2. The van der Waals surface area contributed by atoms with Crippen LogP contribution in [0.1, 0.15) is 117 Å². The number of unbranched alkanes of at least 4 members (excludes halogenated alkanes) is 1. The number of carbonyl (C=O) groups is 8. The molecular weight excluding hydrogens is 1120 g/mol. The van der Waals surface area contributed by atoms with Crippen LogP contribution < -0.4 is 98.2 Å². The Morgan fingerprint density at radius 1 is 0.314 bits per heavy atom. The predicted octanol–water partition coefficient (Wildman–Crippen LogP) is -4.92. The maximum absolute atomic E-state index is 12.0. The lowest BCUT2D eigenvalue weighted by Crippen LogP contribution is -2.42. The van der Waals surface area contributed by atoms with Gasteiger partial charge in [0.2, 0.25) is 47.3 Å². The summed E-state index contributed by atoms with van der Waals surface area (Å²) >= 11 is 0. The fraction of sp³-hybridized carbons (Fsp3) is 0.857. The quantitative estimate of drug-likeness (QED) is 0.0254. The third kappa shape index (κ3) is 62.3. The normalized spacial score (nSPS) is 12.2. The highest BCUT2D eigenvalue weighted by Gasteiger charge is 2.18. The lowest BCUT2D eigenvalue weighted by atomic mass is 10.1. The zero-order valence-electron chi connectivity index (χ0n) is 53.0. The number of methoxy groups -OCH3 is 1. The highest BCUT2D eigenvalue weighted by atomic mass is 16.5. The van der Waals surface area contributed by atoms with Crippen LogP contribution in [-0.2, 0) is 57.3 Å². The minimum Gasteiger partial charge on any atom is -0.382 e. The van der Waals surface area contributed by atoms with Crippen LogP contribution in [0.3, 0.4) is 0 Å². The van der Waals surface area contributed by atoms with E-state index in [0.717, 1.165) is 51.9 Å². The maximum atomic E-state index is 12.0. The van der Waals surface area contributed by atoms with Crippen LogP contribution in [-0.4, -0.2) is 243 Å². The van der Waals surface area contributed by atoms with Gasteiger partial charge in [-0.2, -0.15) is 0 Å². The van der Waals surface area contributed by atoms with Gasteiger partial charge in [-0.3, -0.25) is 38.4 Å². The Hall–Kier alpha value is -4.80. The summed E-state index contributed by atoms with van der Waals surface area (Å²) in [5.41, 5.74) is 34.0. The first kappa shape index (κ1) is 85.4. The Bertz CT molecular complexity index is 1610. The first-order chi connectivity index (χ1) is 41.5. The number of nitrogens with two attached hydrogens (primary N) is 6. The average molecular weight is 1240 g/mol. The lowest BCUT2D eigenvalue weighted by Gasteiger charge is -2.13. The molecule has 0 radical (unpaired) electrons. The molecule has 8 amide bonds. The third-order valence-corrected chi connectivity index (χ3v) is 12.0. The van der Waals surface area contributed by atoms with Gasteiger partial charge in [0.05, 0.1) is 50.6 Å². The van der Waals surface area contributed by atoms with Gasteiger partial charge in [0.25, 0.3) is 0 Å². The SMILES string of the molecule is CCCCNC(=O)C(N)CCC(=O)NCCNCCC.CCCNCCNC(=O)CCC(N)C(=O)NCCCOCCOC.NCCNCCNC(=O)CCC(N)C(=O)NCCCOCCOCCCNC(=O)C(N)CCC(=O)NCCNCCN. The predicted molar refractivity (Wildman–Crippen MR) is 336 cm³/mol. The number of hydrogen-bond donors (Lipinski definition) is 18. The van der Waals surface area contributed by atoms with Crippen molar-refractivity contribution in [3.8, 4) is 0 Å². The molecule has 86 heavy (non-hydrogen) atoms. The van der Waals surface area contributed by atoms with Gasteiger partial charge in [-0.25, -0.2) is 0 Å². The van der Waals surface area contributed by atoms with Crippen LogP contribution in [0.5, 0.6) is 0 Å². The van der Waals surface area contributed by atoms with E-state index in [-0.39, 0.29) is 85.8 Å². The number of carbonyl (C=O) groups excluding carboxylic acids is 8. The number of hydrogen-bond acceptors (Lipinski definition) is 22. The minimum atomic E-state index is -0.743. The van der Waals surface area contributed by atoms with E-state index in [1.54, 1.807) is 7.11 Å². The number of ether oxygens (including phenoxy) is 4. The second-order valence-corrected chi connectivity index (χ2v) is 20.0. The molecule has 0 spiro atoms. The molecule has 4 unspecified atom stereocenters. The third-order valence-electron chi connectivity index (χ3n) is 12.0. The van der Waals surface area contributed by atoms with Gasteiger partial charge in [0, 0.05) is 157 Å². The molecule has 30 heteroatoms. The van der Waals surface area contributed by atoms with Crippen molar-refractivity contribution in [2.24, 2.45) is 34.4 Å². The van der Waals surface area contributed by atoms with Gasteiger partial charge in [0.15, 0.2) is 0 Å². The van der Waals surface area contributed by atoms with Crippen molar-refractivity contribution in [2.75, 3.05) is 171 Å². The first-order valence-corrected chi connectivity index (χ1v) is 31.2. The van der Waals surface area contributed by atoms with Crippen LogP contribution in [0, 0.1) is 0 Å². The summed E-state index contributed by atoms with van der Waals surface area (Å²) in [7, 11) is 1.62. The van der Waals surface area contributed by atoms with E-state index in [1.807, 2.05) is 0 Å². The largest absolute Gasteiger partial charge is 0.382 e. The molecule has 0 aromatic heterocycles. The molecule has 506 valence electrons. The maximum Gasteiger partial charge on any atom is 0.236 e. The highest BCUT2D eigenvalue weighted by molar-refractivity contribution is 5.85. The summed E-state index contributed by atoms with van der Waals surface area (Å²) < 4.78 is 21.1. The number of nitrogens with one attached hydrogen (secondary N) is 12. The summed E-state index contributed by atoms with van der Waals surface area (Å²) in [6.07, 6.45) is 8.25. The molecule has 0 aliphatic carbocycles. The molecule has 0 rings (SSSR count). The lowest BCUT2D eigenvalue weighted by molar-refractivity contribution is -0.125. The fourth-order valence-electron chi connectivity index (χ4n) is 6.88. The van der Waals surface area contributed by atoms with Gasteiger partial charge in [-0.1, -0.05) is 27.2 Å². The summed E-state index contributed by atoms with van der Waals surface area (Å²) in [6.45, 7) is 21.0. The van der Waals surface area contributed by atoms with Crippen LogP contribution in [0.4, 0.5) is 0 Å². The zero-order chi connectivity index (χ0) is 64.5. The van der Waals surface area contributed by atoms with E-state index in [4.69, 9.17) is 53.3 Å². The van der Waals surface area contributed by atoms with E-state index in [2.05, 4.69) is 84.6 Å². The van der Waals surface area contributed by atoms with Crippen LogP contribution in [0.2, 0.25) is 0 Å². The van der Waals surface area contributed by atoms with E-state index >= 15 is 0 Å². The monoisotopic (exact) mass is 1240 g/mol. The van der Waals surface area contributed by atoms with Crippen molar-refractivity contribution >= 4 is 47.3 Å². The van der Waals surface area contributed by atoms with Gasteiger partial charge >= 0.3 is 0 Å². The molecule has 30 nitrogen and oxygen atoms in total. The summed E-state index contributed by atoms with van der Waals surface area (Å²) in [4.78, 5) is 94.2. The average Bonchev–Trinajstić information content (AvgIpc) is 3.61. The Morgan fingerprint density at radius 2 is 0.581 bits per heavy atom. The molecule has 0 saturated heterocycles. The van der Waals surface area contributed by atoms with Crippen molar-refractivity contribution < 1.29 is 57.3 Å². The van der Waals surface area contributed by atoms with E-state index in [9.17, 15) is 38.4 Å². The molecule has 0 bridgehead atoms.